The molecule has 0 unspecified atom stereocenters. The first-order valence-electron chi connectivity index (χ1n) is 6.63. The van der Waals surface area contributed by atoms with Gasteiger partial charge in [0.1, 0.15) is 12.1 Å². The molecule has 1 rings (SSSR count). The van der Waals surface area contributed by atoms with E-state index in [0.717, 1.165) is 10.6 Å². The summed E-state index contributed by atoms with van der Waals surface area (Å²) in [7, 11) is -3.45. The molecule has 0 saturated carbocycles. The standard InChI is InChI=1S/C12H22N2O5S/c1-8(2)7-9(12(16)17)13-11(15)10-5-4-6-14(10)20(3,18)19/h8-10H,4-7H2,1-3H3,(H,13,15)(H,16,17)/t9-,10-/m1/s1. The molecule has 2 atom stereocenters. The molecule has 20 heavy (non-hydrogen) atoms. The van der Waals surface area contributed by atoms with E-state index in [2.05, 4.69) is 5.32 Å². The SMILES string of the molecule is CC(C)C[C@@H](NC(=O)[C@H]1CCCN1S(C)(=O)=O)C(=O)O. The van der Waals surface area contributed by atoms with Crippen molar-refractivity contribution < 1.29 is 23.1 Å². The van der Waals surface area contributed by atoms with Crippen molar-refractivity contribution >= 4 is 21.9 Å². The number of carbonyl (C=O) groups excluding carboxylic acids is 1. The van der Waals surface area contributed by atoms with Crippen LogP contribution in [0.15, 0.2) is 0 Å². The van der Waals surface area contributed by atoms with Crippen LogP contribution < -0.4 is 5.32 Å². The van der Waals surface area contributed by atoms with Crippen LogP contribution in [0.2, 0.25) is 0 Å². The maximum Gasteiger partial charge on any atom is 0.326 e. The van der Waals surface area contributed by atoms with E-state index in [-0.39, 0.29) is 5.92 Å². The molecule has 1 aliphatic rings. The van der Waals surface area contributed by atoms with E-state index < -0.39 is 34.0 Å². The Morgan fingerprint density at radius 1 is 1.40 bits per heavy atom. The van der Waals surface area contributed by atoms with Crippen molar-refractivity contribution in [1.82, 2.24) is 9.62 Å². The molecule has 0 spiro atoms. The molecular weight excluding hydrogens is 284 g/mol. The van der Waals surface area contributed by atoms with E-state index in [4.69, 9.17) is 5.11 Å². The van der Waals surface area contributed by atoms with Crippen LogP contribution in [0, 0.1) is 5.92 Å². The summed E-state index contributed by atoms with van der Waals surface area (Å²) in [4.78, 5) is 23.2. The Kier molecular flexibility index (Phi) is 5.52. The van der Waals surface area contributed by atoms with Crippen LogP contribution in [-0.4, -0.2) is 54.6 Å². The highest BCUT2D eigenvalue weighted by Crippen LogP contribution is 2.20. The summed E-state index contributed by atoms with van der Waals surface area (Å²) in [6.45, 7) is 4.03. The van der Waals surface area contributed by atoms with Crippen LogP contribution in [0.3, 0.4) is 0 Å². The molecule has 1 fully saturated rings. The number of sulfonamides is 1. The molecule has 0 aromatic heterocycles. The van der Waals surface area contributed by atoms with Crippen molar-refractivity contribution in [2.24, 2.45) is 5.92 Å². The van der Waals surface area contributed by atoms with Crippen molar-refractivity contribution in [3.05, 3.63) is 0 Å². The van der Waals surface area contributed by atoms with Gasteiger partial charge in [0.05, 0.1) is 6.26 Å². The highest BCUT2D eigenvalue weighted by Gasteiger charge is 2.37. The number of carboxylic acids is 1. The van der Waals surface area contributed by atoms with Gasteiger partial charge in [-0.2, -0.15) is 4.31 Å². The van der Waals surface area contributed by atoms with Crippen LogP contribution in [0.4, 0.5) is 0 Å². The molecule has 2 N–H and O–H groups in total. The molecule has 8 heteroatoms. The first-order valence-corrected chi connectivity index (χ1v) is 8.47. The molecule has 1 amide bonds. The lowest BCUT2D eigenvalue weighted by molar-refractivity contribution is -0.142. The van der Waals surface area contributed by atoms with Crippen LogP contribution in [0.1, 0.15) is 33.1 Å². The fourth-order valence-corrected chi connectivity index (χ4v) is 3.48. The maximum absolute atomic E-state index is 12.1. The Morgan fingerprint density at radius 3 is 2.45 bits per heavy atom. The van der Waals surface area contributed by atoms with Crippen LogP contribution in [-0.2, 0) is 19.6 Å². The Balaban J connectivity index is 2.76. The van der Waals surface area contributed by atoms with E-state index in [9.17, 15) is 18.0 Å². The summed E-state index contributed by atoms with van der Waals surface area (Å²) >= 11 is 0. The van der Waals surface area contributed by atoms with Gasteiger partial charge >= 0.3 is 5.97 Å². The number of amides is 1. The van der Waals surface area contributed by atoms with Crippen molar-refractivity contribution in [3.63, 3.8) is 0 Å². The average Bonchev–Trinajstić information content (AvgIpc) is 2.75. The molecule has 116 valence electrons. The van der Waals surface area contributed by atoms with E-state index in [1.807, 2.05) is 13.8 Å². The van der Waals surface area contributed by atoms with Crippen LogP contribution in [0.5, 0.6) is 0 Å². The molecule has 0 radical (unpaired) electrons. The first-order chi connectivity index (χ1) is 9.12. The predicted molar refractivity (Wildman–Crippen MR) is 73.6 cm³/mol. The van der Waals surface area contributed by atoms with Gasteiger partial charge in [0.25, 0.3) is 0 Å². The minimum Gasteiger partial charge on any atom is -0.480 e. The largest absolute Gasteiger partial charge is 0.480 e. The summed E-state index contributed by atoms with van der Waals surface area (Å²) in [5, 5.41) is 11.5. The zero-order chi connectivity index (χ0) is 15.5. The Labute approximate surface area is 119 Å². The lowest BCUT2D eigenvalue weighted by Crippen LogP contribution is -2.50. The quantitative estimate of drug-likeness (QED) is 0.720. The van der Waals surface area contributed by atoms with E-state index in [1.165, 1.54) is 0 Å². The van der Waals surface area contributed by atoms with Gasteiger partial charge in [-0.05, 0) is 25.2 Å². The summed E-state index contributed by atoms with van der Waals surface area (Å²) in [6, 6.07) is -1.77. The molecule has 0 aromatic rings. The fraction of sp³-hybridized carbons (Fsp3) is 0.833. The van der Waals surface area contributed by atoms with Gasteiger partial charge in [-0.25, -0.2) is 13.2 Å². The molecule has 1 aliphatic heterocycles. The summed E-state index contributed by atoms with van der Waals surface area (Å²) in [5.74, 6) is -1.51. The Hall–Kier alpha value is -1.15. The number of carbonyl (C=O) groups is 2. The number of aliphatic carboxylic acids is 1. The van der Waals surface area contributed by atoms with Crippen LogP contribution in [0.25, 0.3) is 0 Å². The van der Waals surface area contributed by atoms with Gasteiger partial charge in [-0.3, -0.25) is 4.79 Å². The highest BCUT2D eigenvalue weighted by atomic mass is 32.2. The van der Waals surface area contributed by atoms with Crippen molar-refractivity contribution in [2.45, 2.75) is 45.2 Å². The van der Waals surface area contributed by atoms with Crippen molar-refractivity contribution in [3.8, 4) is 0 Å². The van der Waals surface area contributed by atoms with E-state index >= 15 is 0 Å². The molecule has 0 bridgehead atoms. The second-order valence-corrected chi connectivity index (χ2v) is 7.50. The topological polar surface area (TPSA) is 104 Å². The Bertz CT molecular complexity index is 474. The number of carboxylic acid groups (broad SMARTS) is 1. The zero-order valence-electron chi connectivity index (χ0n) is 12.0. The lowest BCUT2D eigenvalue weighted by atomic mass is 10.0. The average molecular weight is 306 g/mol. The minimum absolute atomic E-state index is 0.117. The van der Waals surface area contributed by atoms with E-state index in [1.54, 1.807) is 0 Å². The normalized spacial score (nSPS) is 21.9. The third kappa shape index (κ3) is 4.45. The molecule has 7 nitrogen and oxygen atoms in total. The molecule has 0 aliphatic carbocycles. The van der Waals surface area contributed by atoms with Gasteiger partial charge < -0.3 is 10.4 Å². The van der Waals surface area contributed by atoms with Gasteiger partial charge in [0.2, 0.25) is 15.9 Å². The molecular formula is C12H22N2O5S. The van der Waals surface area contributed by atoms with Gasteiger partial charge in [0.15, 0.2) is 0 Å². The molecule has 0 aromatic carbocycles. The van der Waals surface area contributed by atoms with Gasteiger partial charge in [-0.15, -0.1) is 0 Å². The first kappa shape index (κ1) is 16.9. The molecule has 1 heterocycles. The lowest BCUT2D eigenvalue weighted by Gasteiger charge is -2.24. The van der Waals surface area contributed by atoms with Crippen molar-refractivity contribution in [2.75, 3.05) is 12.8 Å². The summed E-state index contributed by atoms with van der Waals surface area (Å²) in [6.07, 6.45) is 2.40. The highest BCUT2D eigenvalue weighted by molar-refractivity contribution is 7.88. The number of hydrogen-bond acceptors (Lipinski definition) is 4. The summed E-state index contributed by atoms with van der Waals surface area (Å²) < 4.78 is 24.3. The monoisotopic (exact) mass is 306 g/mol. The zero-order valence-corrected chi connectivity index (χ0v) is 12.8. The second kappa shape index (κ2) is 6.53. The number of hydrogen-bond donors (Lipinski definition) is 2. The van der Waals surface area contributed by atoms with Gasteiger partial charge in [0, 0.05) is 6.54 Å². The van der Waals surface area contributed by atoms with Gasteiger partial charge in [-0.1, -0.05) is 13.8 Å². The Morgan fingerprint density at radius 2 is 2.00 bits per heavy atom. The number of rotatable bonds is 6. The number of nitrogens with one attached hydrogen (secondary N) is 1. The summed E-state index contributed by atoms with van der Waals surface area (Å²) in [5.41, 5.74) is 0. The number of nitrogens with zero attached hydrogens (tertiary/aromatic N) is 1. The maximum atomic E-state index is 12.1. The molecule has 1 saturated heterocycles. The van der Waals surface area contributed by atoms with Crippen molar-refractivity contribution in [1.29, 1.82) is 0 Å². The third-order valence-electron chi connectivity index (χ3n) is 3.25. The van der Waals surface area contributed by atoms with Crippen LogP contribution >= 0.6 is 0 Å². The predicted octanol–water partition coefficient (Wildman–Crippen LogP) is 0.0259. The van der Waals surface area contributed by atoms with E-state index in [0.29, 0.717) is 25.8 Å². The second-order valence-electron chi connectivity index (χ2n) is 5.56. The smallest absolute Gasteiger partial charge is 0.326 e. The third-order valence-corrected chi connectivity index (χ3v) is 4.54. The minimum atomic E-state index is -3.45. The fourth-order valence-electron chi connectivity index (χ4n) is 2.36.